The van der Waals surface area contributed by atoms with Crippen molar-refractivity contribution in [1.82, 2.24) is 0 Å². The Balaban J connectivity index is 2.18. The van der Waals surface area contributed by atoms with Crippen LogP contribution in [0, 0.1) is 17.3 Å². The van der Waals surface area contributed by atoms with E-state index in [-0.39, 0.29) is 17.6 Å². The van der Waals surface area contributed by atoms with E-state index in [0.29, 0.717) is 12.9 Å². The predicted molar refractivity (Wildman–Crippen MR) is 105 cm³/mol. The molecular weight excluding hydrogens is 408 g/mol. The average Bonchev–Trinajstić information content (AvgIpc) is 3.54. The summed E-state index contributed by atoms with van der Waals surface area (Å²) in [7, 11) is 0. The summed E-state index contributed by atoms with van der Waals surface area (Å²) in [4.78, 5) is 49.1. The molecule has 2 bridgehead atoms. The highest BCUT2D eigenvalue weighted by atomic mass is 16.6. The van der Waals surface area contributed by atoms with Gasteiger partial charge < -0.3 is 24.1 Å². The third-order valence-corrected chi connectivity index (χ3v) is 6.77. The van der Waals surface area contributed by atoms with Gasteiger partial charge in [0.15, 0.2) is 5.60 Å². The topological polar surface area (TPSA) is 129 Å². The number of hydrogen-bond acceptors (Lipinski definition) is 9. The van der Waals surface area contributed by atoms with Gasteiger partial charge in [-0.05, 0) is 18.9 Å². The van der Waals surface area contributed by atoms with Crippen LogP contribution in [-0.2, 0) is 38.1 Å². The van der Waals surface area contributed by atoms with E-state index in [4.69, 9.17) is 18.9 Å². The smallest absolute Gasteiger partial charge is 0.338 e. The van der Waals surface area contributed by atoms with Crippen molar-refractivity contribution in [3.05, 3.63) is 24.3 Å². The van der Waals surface area contributed by atoms with Crippen LogP contribution >= 0.6 is 0 Å². The molecule has 9 nitrogen and oxygen atoms in total. The summed E-state index contributed by atoms with van der Waals surface area (Å²) in [6.45, 7) is 13.8. The van der Waals surface area contributed by atoms with Gasteiger partial charge in [0.25, 0.3) is 0 Å². The SMILES string of the molecule is C=C1C(=O)O[C@H]2[C@@H](OC(C)=O)[C@@H]1[C@H](OC(=O)C(C)(O)CC)[C@@H](C(=C)C=O)[C@@]2(C)[C@@H]1CO1. The molecular formula is C22H28O9. The Morgan fingerprint density at radius 3 is 2.45 bits per heavy atom. The molecule has 2 heterocycles. The average molecular weight is 436 g/mol. The minimum Gasteiger partial charge on any atom is -0.459 e. The number of carbonyl (C=O) groups excluding carboxylic acids is 4. The molecule has 3 rings (SSSR count). The highest BCUT2D eigenvalue weighted by Crippen LogP contribution is 2.58. The van der Waals surface area contributed by atoms with E-state index in [1.165, 1.54) is 13.8 Å². The fourth-order valence-corrected chi connectivity index (χ4v) is 4.72. The molecule has 2 saturated heterocycles. The molecule has 170 valence electrons. The number of ether oxygens (including phenoxy) is 4. The second-order valence-corrected chi connectivity index (χ2v) is 8.81. The number of rotatable bonds is 7. The highest BCUT2D eigenvalue weighted by molar-refractivity contribution is 5.90. The van der Waals surface area contributed by atoms with E-state index in [1.807, 2.05) is 0 Å². The molecule has 1 aliphatic carbocycles. The minimum atomic E-state index is -1.80. The fraction of sp³-hybridized carbons (Fsp3) is 0.636. The lowest BCUT2D eigenvalue weighted by molar-refractivity contribution is -0.238. The van der Waals surface area contributed by atoms with Crippen LogP contribution in [0.5, 0.6) is 0 Å². The summed E-state index contributed by atoms with van der Waals surface area (Å²) in [5.74, 6) is -4.09. The molecule has 9 heteroatoms. The molecule has 3 fully saturated rings. The first-order valence-corrected chi connectivity index (χ1v) is 10.2. The summed E-state index contributed by atoms with van der Waals surface area (Å²) in [6, 6.07) is 0. The van der Waals surface area contributed by atoms with Crippen LogP contribution < -0.4 is 0 Å². The molecule has 1 saturated carbocycles. The highest BCUT2D eigenvalue weighted by Gasteiger charge is 2.70. The maximum absolute atomic E-state index is 12.8. The van der Waals surface area contributed by atoms with Gasteiger partial charge in [-0.3, -0.25) is 9.59 Å². The third-order valence-electron chi connectivity index (χ3n) is 6.77. The van der Waals surface area contributed by atoms with E-state index in [2.05, 4.69) is 13.2 Å². The molecule has 0 aromatic rings. The van der Waals surface area contributed by atoms with E-state index in [1.54, 1.807) is 13.8 Å². The number of epoxide rings is 1. The van der Waals surface area contributed by atoms with E-state index < -0.39 is 65.2 Å². The Hall–Kier alpha value is -2.52. The first-order valence-electron chi connectivity index (χ1n) is 10.2. The quantitative estimate of drug-likeness (QED) is 0.203. The molecule has 0 aromatic heterocycles. The van der Waals surface area contributed by atoms with Crippen LogP contribution in [0.15, 0.2) is 24.3 Å². The van der Waals surface area contributed by atoms with Gasteiger partial charge in [0, 0.05) is 23.8 Å². The number of fused-ring (bicyclic) bond motifs is 2. The molecule has 31 heavy (non-hydrogen) atoms. The molecule has 8 atom stereocenters. The van der Waals surface area contributed by atoms with Gasteiger partial charge in [-0.1, -0.05) is 27.0 Å². The maximum atomic E-state index is 12.8. The molecule has 2 aliphatic heterocycles. The van der Waals surface area contributed by atoms with Gasteiger partial charge in [0.2, 0.25) is 0 Å². The predicted octanol–water partition coefficient (Wildman–Crippen LogP) is 0.879. The van der Waals surface area contributed by atoms with Gasteiger partial charge in [-0.2, -0.15) is 0 Å². The molecule has 1 N–H and O–H groups in total. The van der Waals surface area contributed by atoms with Crippen molar-refractivity contribution < 1.29 is 43.2 Å². The standard InChI is InChI=1S/C22H28O9/c1-7-21(5,27)20(26)30-16-14-11(3)19(25)31-18(17(14)29-12(4)24)22(6,13-9-28-13)15(16)10(2)8-23/h8,13-18,27H,2-3,7,9H2,1,4-6H3/t13-,14-,15+,16-,17-,18-,21?,22+/m0/s1. The van der Waals surface area contributed by atoms with Crippen LogP contribution in [-0.4, -0.2) is 65.9 Å². The monoisotopic (exact) mass is 436 g/mol. The summed E-state index contributed by atoms with van der Waals surface area (Å²) in [5, 5.41) is 10.4. The first kappa shape index (κ1) is 23.1. The molecule has 1 unspecified atom stereocenters. The van der Waals surface area contributed by atoms with Crippen molar-refractivity contribution in [2.75, 3.05) is 6.61 Å². The van der Waals surface area contributed by atoms with Gasteiger partial charge in [0.1, 0.15) is 24.6 Å². The Bertz CT molecular complexity index is 840. The zero-order valence-corrected chi connectivity index (χ0v) is 18.1. The molecule has 3 aliphatic rings. The fourth-order valence-electron chi connectivity index (χ4n) is 4.72. The van der Waals surface area contributed by atoms with Crippen molar-refractivity contribution in [2.24, 2.45) is 17.3 Å². The van der Waals surface area contributed by atoms with Gasteiger partial charge in [0.05, 0.1) is 18.6 Å². The lowest BCUT2D eigenvalue weighted by Crippen LogP contribution is -2.69. The molecule has 0 spiro atoms. The Morgan fingerprint density at radius 2 is 1.97 bits per heavy atom. The van der Waals surface area contributed by atoms with Crippen molar-refractivity contribution in [2.45, 2.75) is 64.1 Å². The van der Waals surface area contributed by atoms with Crippen LogP contribution in [0.1, 0.15) is 34.1 Å². The Kier molecular flexibility index (Phi) is 5.88. The minimum absolute atomic E-state index is 0.0566. The normalized spacial score (nSPS) is 38.4. The maximum Gasteiger partial charge on any atom is 0.338 e. The van der Waals surface area contributed by atoms with Gasteiger partial charge in [-0.25, -0.2) is 9.59 Å². The summed E-state index contributed by atoms with van der Waals surface area (Å²) < 4.78 is 22.4. The van der Waals surface area contributed by atoms with E-state index in [0.717, 1.165) is 0 Å². The third kappa shape index (κ3) is 3.70. The van der Waals surface area contributed by atoms with Crippen LogP contribution in [0.25, 0.3) is 0 Å². The lowest BCUT2D eigenvalue weighted by Gasteiger charge is -2.57. The summed E-state index contributed by atoms with van der Waals surface area (Å²) in [5.41, 5.74) is -2.84. The van der Waals surface area contributed by atoms with Crippen molar-refractivity contribution in [1.29, 1.82) is 0 Å². The Morgan fingerprint density at radius 1 is 1.35 bits per heavy atom. The number of carbonyl (C=O) groups is 4. The van der Waals surface area contributed by atoms with Crippen molar-refractivity contribution in [3.63, 3.8) is 0 Å². The van der Waals surface area contributed by atoms with Crippen LogP contribution in [0.3, 0.4) is 0 Å². The van der Waals surface area contributed by atoms with Crippen LogP contribution in [0.4, 0.5) is 0 Å². The lowest BCUT2D eigenvalue weighted by atomic mass is 9.54. The van der Waals surface area contributed by atoms with Crippen molar-refractivity contribution in [3.8, 4) is 0 Å². The molecule has 0 amide bonds. The largest absolute Gasteiger partial charge is 0.459 e. The van der Waals surface area contributed by atoms with Crippen molar-refractivity contribution >= 4 is 24.2 Å². The van der Waals surface area contributed by atoms with E-state index in [9.17, 15) is 24.3 Å². The van der Waals surface area contributed by atoms with Gasteiger partial charge >= 0.3 is 17.9 Å². The zero-order chi connectivity index (χ0) is 23.3. The second kappa shape index (κ2) is 7.87. The first-order chi connectivity index (χ1) is 14.4. The number of esters is 3. The molecule has 0 aromatic carbocycles. The zero-order valence-electron chi connectivity index (χ0n) is 18.1. The number of aldehydes is 1. The van der Waals surface area contributed by atoms with E-state index >= 15 is 0 Å². The second-order valence-electron chi connectivity index (χ2n) is 8.81. The summed E-state index contributed by atoms with van der Waals surface area (Å²) in [6.07, 6.45) is -2.99. The summed E-state index contributed by atoms with van der Waals surface area (Å²) >= 11 is 0. The van der Waals surface area contributed by atoms with Gasteiger partial charge in [-0.15, -0.1) is 0 Å². The number of aliphatic hydroxyl groups is 1. The Labute approximate surface area is 180 Å². The molecule has 0 radical (unpaired) electrons. The van der Waals surface area contributed by atoms with Crippen LogP contribution in [0.2, 0.25) is 0 Å². The number of hydrogen-bond donors (Lipinski definition) is 1.